The van der Waals surface area contributed by atoms with Crippen molar-refractivity contribution in [2.24, 2.45) is 0 Å². The number of rotatable bonds is 13. The molecule has 0 aromatic carbocycles. The highest BCUT2D eigenvalue weighted by Crippen LogP contribution is 2.25. The van der Waals surface area contributed by atoms with Gasteiger partial charge in [-0.15, -0.1) is 0 Å². The maximum Gasteiger partial charge on any atom is 0.161 e. The summed E-state index contributed by atoms with van der Waals surface area (Å²) in [5, 5.41) is 29.1. The lowest BCUT2D eigenvalue weighted by Gasteiger charge is -2.24. The SMILES string of the molecule is CCCC(C)OCCC(O)CC(CCC)OC1CC(O)[C@H](CO)O1. The van der Waals surface area contributed by atoms with Gasteiger partial charge in [-0.25, -0.2) is 0 Å². The van der Waals surface area contributed by atoms with Crippen molar-refractivity contribution in [2.45, 2.75) is 103 Å². The molecule has 5 unspecified atom stereocenters. The minimum Gasteiger partial charge on any atom is -0.394 e. The Hall–Kier alpha value is -0.240. The molecule has 0 spiro atoms. The van der Waals surface area contributed by atoms with Gasteiger partial charge in [0, 0.05) is 13.0 Å². The van der Waals surface area contributed by atoms with E-state index in [4.69, 9.17) is 19.3 Å². The van der Waals surface area contributed by atoms with E-state index in [2.05, 4.69) is 20.8 Å². The summed E-state index contributed by atoms with van der Waals surface area (Å²) in [4.78, 5) is 0. The van der Waals surface area contributed by atoms with Gasteiger partial charge in [-0.05, 0) is 32.6 Å². The van der Waals surface area contributed by atoms with Gasteiger partial charge >= 0.3 is 0 Å². The van der Waals surface area contributed by atoms with Crippen LogP contribution >= 0.6 is 0 Å². The van der Waals surface area contributed by atoms with E-state index in [9.17, 15) is 10.2 Å². The summed E-state index contributed by atoms with van der Waals surface area (Å²) in [5.74, 6) is 0. The second kappa shape index (κ2) is 12.2. The monoisotopic (exact) mass is 348 g/mol. The number of aliphatic hydroxyl groups is 3. The van der Waals surface area contributed by atoms with E-state index in [0.29, 0.717) is 25.9 Å². The van der Waals surface area contributed by atoms with Crippen LogP contribution in [0.4, 0.5) is 0 Å². The average Bonchev–Trinajstić information content (AvgIpc) is 2.87. The normalized spacial score (nSPS) is 28.0. The first kappa shape index (κ1) is 21.8. The molecule has 144 valence electrons. The topological polar surface area (TPSA) is 88.4 Å². The third kappa shape index (κ3) is 8.23. The molecule has 0 saturated carbocycles. The standard InChI is InChI=1S/C18H36O6/c1-4-6-13(3)22-9-8-14(20)10-15(7-5-2)23-18-11-16(21)17(12-19)24-18/h13-21H,4-12H2,1-3H3/t13?,14?,15?,16?,17-,18?/m0/s1. The first-order chi connectivity index (χ1) is 11.5. The molecule has 1 rings (SSSR count). The number of hydrogen-bond donors (Lipinski definition) is 3. The van der Waals surface area contributed by atoms with E-state index >= 15 is 0 Å². The Labute approximate surface area is 146 Å². The van der Waals surface area contributed by atoms with Crippen LogP contribution in [0.15, 0.2) is 0 Å². The Morgan fingerprint density at radius 1 is 1.17 bits per heavy atom. The predicted octanol–water partition coefficient (Wildman–Crippen LogP) is 1.99. The Morgan fingerprint density at radius 2 is 1.88 bits per heavy atom. The van der Waals surface area contributed by atoms with Crippen molar-refractivity contribution in [2.75, 3.05) is 13.2 Å². The maximum atomic E-state index is 10.2. The van der Waals surface area contributed by atoms with Crippen LogP contribution in [0.1, 0.15) is 65.7 Å². The van der Waals surface area contributed by atoms with Crippen LogP contribution in [0.2, 0.25) is 0 Å². The Balaban J connectivity index is 2.31. The van der Waals surface area contributed by atoms with Gasteiger partial charge in [0.05, 0.1) is 31.0 Å². The van der Waals surface area contributed by atoms with E-state index in [1.165, 1.54) is 0 Å². The quantitative estimate of drug-likeness (QED) is 0.472. The smallest absolute Gasteiger partial charge is 0.161 e. The van der Waals surface area contributed by atoms with E-state index < -0.39 is 24.6 Å². The van der Waals surface area contributed by atoms with Gasteiger partial charge in [-0.2, -0.15) is 0 Å². The molecule has 0 radical (unpaired) electrons. The molecule has 1 aliphatic heterocycles. The molecule has 6 nitrogen and oxygen atoms in total. The van der Waals surface area contributed by atoms with E-state index in [1.807, 2.05) is 0 Å². The van der Waals surface area contributed by atoms with Crippen molar-refractivity contribution in [3.05, 3.63) is 0 Å². The van der Waals surface area contributed by atoms with E-state index in [1.54, 1.807) is 0 Å². The fourth-order valence-corrected chi connectivity index (χ4v) is 3.04. The third-order valence-corrected chi connectivity index (χ3v) is 4.41. The van der Waals surface area contributed by atoms with Crippen LogP contribution in [0.25, 0.3) is 0 Å². The molecule has 1 fully saturated rings. The van der Waals surface area contributed by atoms with Crippen LogP contribution in [0, 0.1) is 0 Å². The van der Waals surface area contributed by atoms with Gasteiger partial charge in [-0.1, -0.05) is 26.7 Å². The molecule has 0 aromatic heterocycles. The molecule has 6 heteroatoms. The van der Waals surface area contributed by atoms with Gasteiger partial charge in [-0.3, -0.25) is 0 Å². The van der Waals surface area contributed by atoms with Crippen molar-refractivity contribution < 1.29 is 29.5 Å². The summed E-state index contributed by atoms with van der Waals surface area (Å²) >= 11 is 0. The molecular formula is C18H36O6. The number of hydrogen-bond acceptors (Lipinski definition) is 6. The second-order valence-corrected chi connectivity index (χ2v) is 6.78. The van der Waals surface area contributed by atoms with Crippen molar-refractivity contribution in [1.29, 1.82) is 0 Å². The Kier molecular flexibility index (Phi) is 11.1. The third-order valence-electron chi connectivity index (χ3n) is 4.41. The van der Waals surface area contributed by atoms with Gasteiger partial charge in [0.15, 0.2) is 6.29 Å². The fraction of sp³-hybridized carbons (Fsp3) is 1.00. The molecule has 1 saturated heterocycles. The highest BCUT2D eigenvalue weighted by Gasteiger charge is 2.35. The number of ether oxygens (including phenoxy) is 3. The van der Waals surface area contributed by atoms with Gasteiger partial charge in [0.1, 0.15) is 6.10 Å². The minimum atomic E-state index is -0.694. The average molecular weight is 348 g/mol. The fourth-order valence-electron chi connectivity index (χ4n) is 3.04. The van der Waals surface area contributed by atoms with Crippen molar-refractivity contribution in [3.63, 3.8) is 0 Å². The van der Waals surface area contributed by atoms with Gasteiger partial charge < -0.3 is 29.5 Å². The molecule has 6 atom stereocenters. The maximum absolute atomic E-state index is 10.2. The summed E-state index contributed by atoms with van der Waals surface area (Å²) in [7, 11) is 0. The predicted molar refractivity (Wildman–Crippen MR) is 91.7 cm³/mol. The van der Waals surface area contributed by atoms with Gasteiger partial charge in [0.25, 0.3) is 0 Å². The molecule has 24 heavy (non-hydrogen) atoms. The van der Waals surface area contributed by atoms with Crippen LogP contribution in [0.3, 0.4) is 0 Å². The summed E-state index contributed by atoms with van der Waals surface area (Å²) in [5.41, 5.74) is 0. The summed E-state index contributed by atoms with van der Waals surface area (Å²) in [6, 6.07) is 0. The lowest BCUT2D eigenvalue weighted by Crippen LogP contribution is -2.28. The van der Waals surface area contributed by atoms with Gasteiger partial charge in [0.2, 0.25) is 0 Å². The first-order valence-corrected chi connectivity index (χ1v) is 9.39. The van der Waals surface area contributed by atoms with Crippen LogP contribution < -0.4 is 0 Å². The molecule has 0 aliphatic carbocycles. The highest BCUT2D eigenvalue weighted by atomic mass is 16.7. The lowest BCUT2D eigenvalue weighted by molar-refractivity contribution is -0.176. The Morgan fingerprint density at radius 3 is 2.46 bits per heavy atom. The molecule has 3 N–H and O–H groups in total. The minimum absolute atomic E-state index is 0.118. The highest BCUT2D eigenvalue weighted by molar-refractivity contribution is 4.78. The summed E-state index contributed by atoms with van der Waals surface area (Å²) in [6.45, 7) is 6.59. The molecule has 0 bridgehead atoms. The summed E-state index contributed by atoms with van der Waals surface area (Å²) < 4.78 is 17.1. The Bertz CT molecular complexity index is 314. The zero-order valence-corrected chi connectivity index (χ0v) is 15.4. The summed E-state index contributed by atoms with van der Waals surface area (Å²) in [6.07, 6.45) is 3.23. The molecule has 0 amide bonds. The van der Waals surface area contributed by atoms with Crippen LogP contribution in [-0.4, -0.2) is 65.3 Å². The molecular weight excluding hydrogens is 312 g/mol. The first-order valence-electron chi connectivity index (χ1n) is 9.39. The zero-order chi connectivity index (χ0) is 17.9. The molecule has 1 aliphatic rings. The zero-order valence-electron chi connectivity index (χ0n) is 15.4. The lowest BCUT2D eigenvalue weighted by atomic mass is 10.1. The number of aliphatic hydroxyl groups excluding tert-OH is 3. The second-order valence-electron chi connectivity index (χ2n) is 6.78. The van der Waals surface area contributed by atoms with Crippen molar-refractivity contribution in [1.82, 2.24) is 0 Å². The van der Waals surface area contributed by atoms with Crippen LogP contribution in [0.5, 0.6) is 0 Å². The van der Waals surface area contributed by atoms with Crippen molar-refractivity contribution >= 4 is 0 Å². The molecule has 1 heterocycles. The van der Waals surface area contributed by atoms with E-state index in [-0.39, 0.29) is 18.8 Å². The van der Waals surface area contributed by atoms with Crippen LogP contribution in [-0.2, 0) is 14.2 Å². The van der Waals surface area contributed by atoms with Crippen molar-refractivity contribution in [3.8, 4) is 0 Å². The molecule has 0 aromatic rings. The van der Waals surface area contributed by atoms with E-state index in [0.717, 1.165) is 25.7 Å². The largest absolute Gasteiger partial charge is 0.394 e.